The van der Waals surface area contributed by atoms with Gasteiger partial charge in [0.25, 0.3) is 0 Å². The Bertz CT molecular complexity index is 354. The Morgan fingerprint density at radius 1 is 1.44 bits per heavy atom. The average molecular weight is 258 g/mol. The smallest absolute Gasteiger partial charge is 0.0489 e. The molecule has 1 fully saturated rings. The van der Waals surface area contributed by atoms with Crippen LogP contribution in [0.4, 0.5) is 0 Å². The molecule has 2 rings (SSSR count). The number of hydrogen-bond acceptors (Lipinski definition) is 1. The molecule has 1 aromatic carbocycles. The first-order chi connectivity index (χ1) is 7.65. The lowest BCUT2D eigenvalue weighted by atomic mass is 9.98. The van der Waals surface area contributed by atoms with E-state index in [4.69, 9.17) is 23.2 Å². The Morgan fingerprint density at radius 2 is 2.25 bits per heavy atom. The van der Waals surface area contributed by atoms with E-state index in [-0.39, 0.29) is 5.38 Å². The van der Waals surface area contributed by atoms with Crippen molar-refractivity contribution in [1.29, 1.82) is 0 Å². The van der Waals surface area contributed by atoms with Crippen molar-refractivity contribution in [2.75, 3.05) is 13.1 Å². The first kappa shape index (κ1) is 12.2. The third-order valence-corrected chi connectivity index (χ3v) is 4.05. The second-order valence-electron chi connectivity index (χ2n) is 4.65. The first-order valence-electron chi connectivity index (χ1n) is 5.76. The van der Waals surface area contributed by atoms with E-state index in [1.54, 1.807) is 0 Å². The summed E-state index contributed by atoms with van der Waals surface area (Å²) in [6.07, 6.45) is 1.19. The number of benzene rings is 1. The van der Waals surface area contributed by atoms with Gasteiger partial charge in [-0.05, 0) is 36.6 Å². The Hall–Kier alpha value is -0.240. The highest BCUT2D eigenvalue weighted by Crippen LogP contribution is 2.23. The summed E-state index contributed by atoms with van der Waals surface area (Å²) >= 11 is 12.3. The molecule has 0 spiro atoms. The highest BCUT2D eigenvalue weighted by Gasteiger charge is 2.24. The number of nitrogens with zero attached hydrogens (tertiary/aromatic N) is 1. The average Bonchev–Trinajstić information content (AvgIpc) is 2.24. The summed E-state index contributed by atoms with van der Waals surface area (Å²) in [5.41, 5.74) is 1.27. The van der Waals surface area contributed by atoms with Crippen LogP contribution < -0.4 is 0 Å². The second-order valence-corrected chi connectivity index (χ2v) is 5.64. The van der Waals surface area contributed by atoms with Gasteiger partial charge in [0.2, 0.25) is 0 Å². The Labute approximate surface area is 107 Å². The Balaban J connectivity index is 1.95. The monoisotopic (exact) mass is 257 g/mol. The molecule has 2 unspecified atom stereocenters. The SMILES string of the molecule is CC1CCN(Cc2cccc(Cl)c2)CC1Cl. The van der Waals surface area contributed by atoms with Crippen molar-refractivity contribution < 1.29 is 0 Å². The molecule has 0 aromatic heterocycles. The van der Waals surface area contributed by atoms with Gasteiger partial charge in [0.05, 0.1) is 0 Å². The van der Waals surface area contributed by atoms with E-state index in [1.807, 2.05) is 18.2 Å². The maximum Gasteiger partial charge on any atom is 0.0489 e. The highest BCUT2D eigenvalue weighted by molar-refractivity contribution is 6.30. The summed E-state index contributed by atoms with van der Waals surface area (Å²) in [6, 6.07) is 8.06. The summed E-state index contributed by atoms with van der Waals surface area (Å²) in [6.45, 7) is 5.30. The number of hydrogen-bond donors (Lipinski definition) is 0. The molecule has 1 saturated heterocycles. The van der Waals surface area contributed by atoms with E-state index in [2.05, 4.69) is 17.9 Å². The summed E-state index contributed by atoms with van der Waals surface area (Å²) in [4.78, 5) is 2.41. The van der Waals surface area contributed by atoms with Crippen molar-refractivity contribution in [3.8, 4) is 0 Å². The molecule has 16 heavy (non-hydrogen) atoms. The zero-order valence-corrected chi connectivity index (χ0v) is 11.0. The molecular weight excluding hydrogens is 241 g/mol. The fourth-order valence-electron chi connectivity index (χ4n) is 2.12. The second kappa shape index (κ2) is 5.39. The normalized spacial score (nSPS) is 26.9. The minimum atomic E-state index is 0.285. The quantitative estimate of drug-likeness (QED) is 0.729. The van der Waals surface area contributed by atoms with Gasteiger partial charge in [-0.3, -0.25) is 4.90 Å². The Kier molecular flexibility index (Phi) is 4.12. The highest BCUT2D eigenvalue weighted by atomic mass is 35.5. The van der Waals surface area contributed by atoms with Gasteiger partial charge in [0.15, 0.2) is 0 Å². The van der Waals surface area contributed by atoms with E-state index < -0.39 is 0 Å². The van der Waals surface area contributed by atoms with E-state index in [1.165, 1.54) is 12.0 Å². The third kappa shape index (κ3) is 3.13. The van der Waals surface area contributed by atoms with Gasteiger partial charge in [0.1, 0.15) is 0 Å². The Morgan fingerprint density at radius 3 is 2.94 bits per heavy atom. The zero-order valence-electron chi connectivity index (χ0n) is 9.50. The predicted octanol–water partition coefficient (Wildman–Crippen LogP) is 3.79. The maximum absolute atomic E-state index is 6.29. The molecule has 0 amide bonds. The lowest BCUT2D eigenvalue weighted by molar-refractivity contribution is 0.189. The molecule has 0 saturated carbocycles. The van der Waals surface area contributed by atoms with Crippen molar-refractivity contribution in [2.24, 2.45) is 5.92 Å². The molecule has 0 radical (unpaired) electrons. The summed E-state index contributed by atoms with van der Waals surface area (Å²) in [7, 11) is 0. The number of rotatable bonds is 2. The molecule has 2 atom stereocenters. The summed E-state index contributed by atoms with van der Waals surface area (Å²) < 4.78 is 0. The van der Waals surface area contributed by atoms with Gasteiger partial charge in [-0.25, -0.2) is 0 Å². The van der Waals surface area contributed by atoms with E-state index in [0.717, 1.165) is 24.7 Å². The first-order valence-corrected chi connectivity index (χ1v) is 6.57. The van der Waals surface area contributed by atoms with Gasteiger partial charge < -0.3 is 0 Å². The van der Waals surface area contributed by atoms with Gasteiger partial charge in [-0.1, -0.05) is 30.7 Å². The van der Waals surface area contributed by atoms with E-state index >= 15 is 0 Å². The molecule has 3 heteroatoms. The van der Waals surface area contributed by atoms with Crippen LogP contribution in [-0.2, 0) is 6.54 Å². The largest absolute Gasteiger partial charge is 0.298 e. The standard InChI is InChI=1S/C13H17Cl2N/c1-10-5-6-16(9-13(10)15)8-11-3-2-4-12(14)7-11/h2-4,7,10,13H,5-6,8-9H2,1H3. The van der Waals surface area contributed by atoms with Crippen LogP contribution in [0.1, 0.15) is 18.9 Å². The molecule has 0 N–H and O–H groups in total. The van der Waals surface area contributed by atoms with Gasteiger partial charge in [0, 0.05) is 23.5 Å². The molecular formula is C13H17Cl2N. The van der Waals surface area contributed by atoms with Gasteiger partial charge in [-0.15, -0.1) is 11.6 Å². The van der Waals surface area contributed by atoms with Crippen LogP contribution in [0.25, 0.3) is 0 Å². The zero-order chi connectivity index (χ0) is 11.5. The van der Waals surface area contributed by atoms with Gasteiger partial charge in [-0.2, -0.15) is 0 Å². The molecule has 88 valence electrons. The number of alkyl halides is 1. The molecule has 0 aliphatic carbocycles. The fourth-order valence-corrected chi connectivity index (χ4v) is 2.66. The van der Waals surface area contributed by atoms with Crippen molar-refractivity contribution in [1.82, 2.24) is 4.90 Å². The lowest BCUT2D eigenvalue weighted by Gasteiger charge is -2.33. The number of piperidine rings is 1. The third-order valence-electron chi connectivity index (χ3n) is 3.25. The molecule has 1 aliphatic rings. The van der Waals surface area contributed by atoms with Crippen molar-refractivity contribution in [3.63, 3.8) is 0 Å². The summed E-state index contributed by atoms with van der Waals surface area (Å²) in [5.74, 6) is 0.636. The van der Waals surface area contributed by atoms with Crippen LogP contribution in [0.2, 0.25) is 5.02 Å². The lowest BCUT2D eigenvalue weighted by Crippen LogP contribution is -2.39. The topological polar surface area (TPSA) is 3.24 Å². The van der Waals surface area contributed by atoms with Crippen LogP contribution in [-0.4, -0.2) is 23.4 Å². The predicted molar refractivity (Wildman–Crippen MR) is 70.2 cm³/mol. The van der Waals surface area contributed by atoms with Crippen LogP contribution in [0.5, 0.6) is 0 Å². The van der Waals surface area contributed by atoms with Crippen LogP contribution in [0.3, 0.4) is 0 Å². The van der Waals surface area contributed by atoms with E-state index in [0.29, 0.717) is 5.92 Å². The fraction of sp³-hybridized carbons (Fsp3) is 0.538. The number of likely N-dealkylation sites (tertiary alicyclic amines) is 1. The molecule has 1 aliphatic heterocycles. The summed E-state index contributed by atoms with van der Waals surface area (Å²) in [5, 5.41) is 1.10. The molecule has 1 heterocycles. The number of halogens is 2. The minimum absolute atomic E-state index is 0.285. The van der Waals surface area contributed by atoms with Crippen LogP contribution in [0.15, 0.2) is 24.3 Å². The van der Waals surface area contributed by atoms with Crippen molar-refractivity contribution in [2.45, 2.75) is 25.3 Å². The molecule has 1 nitrogen and oxygen atoms in total. The molecule has 0 bridgehead atoms. The van der Waals surface area contributed by atoms with Crippen molar-refractivity contribution >= 4 is 23.2 Å². The maximum atomic E-state index is 6.29. The minimum Gasteiger partial charge on any atom is -0.298 e. The van der Waals surface area contributed by atoms with E-state index in [9.17, 15) is 0 Å². The molecule has 1 aromatic rings. The van der Waals surface area contributed by atoms with Crippen LogP contribution >= 0.6 is 23.2 Å². The van der Waals surface area contributed by atoms with Gasteiger partial charge >= 0.3 is 0 Å². The van der Waals surface area contributed by atoms with Crippen LogP contribution in [0, 0.1) is 5.92 Å². The van der Waals surface area contributed by atoms with Crippen molar-refractivity contribution in [3.05, 3.63) is 34.9 Å².